The summed E-state index contributed by atoms with van der Waals surface area (Å²) in [7, 11) is 0.315. The molecular formula is C16H38O3P2S2. The number of hydrogen-bond donors (Lipinski definition) is 4. The number of hydrogen-bond acceptors (Lipinski definition) is 1. The van der Waals surface area contributed by atoms with Crippen molar-refractivity contribution in [2.24, 2.45) is 11.8 Å². The Labute approximate surface area is 152 Å². The van der Waals surface area contributed by atoms with Crippen LogP contribution >= 0.6 is 24.3 Å². The first kappa shape index (κ1) is 24.3. The summed E-state index contributed by atoms with van der Waals surface area (Å²) in [6.45, 7) is 8.65. The molecule has 142 valence electrons. The van der Waals surface area contributed by atoms with Crippen molar-refractivity contribution in [3.63, 3.8) is 0 Å². The Morgan fingerprint density at radius 1 is 0.913 bits per heavy atom. The van der Waals surface area contributed by atoms with Gasteiger partial charge in [0.2, 0.25) is 5.69 Å². The molecule has 0 aliphatic rings. The smallest absolute Gasteiger partial charge is 0.202 e. The van der Waals surface area contributed by atoms with Crippen molar-refractivity contribution < 1.29 is 14.4 Å². The SMILES string of the molecule is CCCCC(CC)CP(=O)(CC(CC)CCCC)[SH]=P(O)(O)S. The molecule has 0 aromatic rings. The fraction of sp³-hybridized carbons (Fsp3) is 1.00. The van der Waals surface area contributed by atoms with Crippen LogP contribution in [0.5, 0.6) is 0 Å². The maximum atomic E-state index is 13.5. The summed E-state index contributed by atoms with van der Waals surface area (Å²) < 4.78 is 13.5. The summed E-state index contributed by atoms with van der Waals surface area (Å²) in [6.07, 6.45) is 7.49. The zero-order valence-corrected chi connectivity index (χ0v) is 18.9. The first-order valence-corrected chi connectivity index (χ1v) is 16.3. The van der Waals surface area contributed by atoms with E-state index in [2.05, 4.69) is 39.9 Å². The van der Waals surface area contributed by atoms with E-state index in [4.69, 9.17) is 0 Å². The van der Waals surface area contributed by atoms with Crippen molar-refractivity contribution in [2.75, 3.05) is 12.3 Å². The minimum atomic E-state index is -3.32. The summed E-state index contributed by atoms with van der Waals surface area (Å²) in [5, 5.41) is 0. The molecule has 2 atom stereocenters. The second-order valence-electron chi connectivity index (χ2n) is 6.67. The predicted molar refractivity (Wildman–Crippen MR) is 113 cm³/mol. The molecule has 2 N–H and O–H groups in total. The average Bonchev–Trinajstić information content (AvgIpc) is 2.45. The number of thiol groups is 2. The second kappa shape index (κ2) is 12.6. The minimum absolute atomic E-state index is 0.315. The maximum Gasteiger partial charge on any atom is 0.202 e. The van der Waals surface area contributed by atoms with Crippen LogP contribution in [0.4, 0.5) is 0 Å². The minimum Gasteiger partial charge on any atom is -0.341 e. The van der Waals surface area contributed by atoms with Crippen molar-refractivity contribution in [2.45, 2.75) is 79.1 Å². The Morgan fingerprint density at radius 2 is 1.30 bits per heavy atom. The van der Waals surface area contributed by atoms with E-state index in [1.165, 1.54) is 0 Å². The quantitative estimate of drug-likeness (QED) is 0.221. The first-order chi connectivity index (χ1) is 10.7. The zero-order valence-electron chi connectivity index (χ0n) is 15.3. The molecule has 0 aromatic carbocycles. The van der Waals surface area contributed by atoms with Gasteiger partial charge < -0.3 is 14.4 Å². The Hall–Kier alpha value is 1.28. The van der Waals surface area contributed by atoms with Gasteiger partial charge in [-0.3, -0.25) is 0 Å². The second-order valence-corrected chi connectivity index (χ2v) is 19.0. The molecule has 0 radical (unpaired) electrons. The lowest BCUT2D eigenvalue weighted by Gasteiger charge is -2.26. The predicted octanol–water partition coefficient (Wildman–Crippen LogP) is 6.10. The molecule has 3 nitrogen and oxygen atoms in total. The van der Waals surface area contributed by atoms with Crippen LogP contribution in [0.15, 0.2) is 0 Å². The van der Waals surface area contributed by atoms with Gasteiger partial charge in [0.15, 0.2) is 0 Å². The van der Waals surface area contributed by atoms with Crippen LogP contribution < -0.4 is 0 Å². The molecule has 7 heteroatoms. The van der Waals surface area contributed by atoms with E-state index in [1.807, 2.05) is 0 Å². The van der Waals surface area contributed by atoms with Gasteiger partial charge in [-0.25, -0.2) is 0 Å². The lowest BCUT2D eigenvalue weighted by atomic mass is 10.0. The van der Waals surface area contributed by atoms with Gasteiger partial charge in [-0.2, -0.15) is 0 Å². The highest BCUT2D eigenvalue weighted by molar-refractivity contribution is 8.76. The van der Waals surface area contributed by atoms with Crippen LogP contribution in [0.2, 0.25) is 0 Å². The maximum absolute atomic E-state index is 13.5. The van der Waals surface area contributed by atoms with Gasteiger partial charge in [0.25, 0.3) is 0 Å². The number of unbranched alkanes of at least 4 members (excludes halogenated alkanes) is 2. The summed E-state index contributed by atoms with van der Waals surface area (Å²) in [4.78, 5) is 19.6. The molecule has 0 aliphatic carbocycles. The molecule has 2 unspecified atom stereocenters. The van der Waals surface area contributed by atoms with Crippen LogP contribution in [0, 0.1) is 11.8 Å². The van der Waals surface area contributed by atoms with Gasteiger partial charge in [0.05, 0.1) is 0 Å². The molecule has 23 heavy (non-hydrogen) atoms. The molecule has 0 aromatic heterocycles. The van der Waals surface area contributed by atoms with Gasteiger partial charge in [0, 0.05) is 12.3 Å². The van der Waals surface area contributed by atoms with Crippen molar-refractivity contribution in [1.82, 2.24) is 0 Å². The standard InChI is InChI=1S/C16H38O3P2S2/c1-5-9-11-15(7-3)13-20(17,23-21(18,19)22)14-16(8-4)12-10-6-2/h15-16,18-19,22-23H,5-14H2,1-4H3. The van der Waals surface area contributed by atoms with Gasteiger partial charge in [-0.1, -0.05) is 89.0 Å². The summed E-state index contributed by atoms with van der Waals surface area (Å²) in [5.41, 5.74) is -3.32. The molecule has 0 amide bonds. The third-order valence-electron chi connectivity index (χ3n) is 4.46. The third-order valence-corrected chi connectivity index (χ3v) is 17.1. The summed E-state index contributed by atoms with van der Waals surface area (Å²) >= 11 is 3.93. The largest absolute Gasteiger partial charge is 0.341 e. The molecule has 0 rings (SSSR count). The van der Waals surface area contributed by atoms with E-state index in [0.717, 1.165) is 51.4 Å². The normalized spacial score (nSPS) is 17.7. The van der Waals surface area contributed by atoms with Crippen molar-refractivity contribution >= 4 is 34.8 Å². The highest BCUT2D eigenvalue weighted by atomic mass is 33.1. The molecule has 0 saturated carbocycles. The number of rotatable bonds is 13. The zero-order chi connectivity index (χ0) is 17.9. The molecule has 0 fully saturated rings. The molecular weight excluding hydrogens is 366 g/mol. The van der Waals surface area contributed by atoms with Crippen molar-refractivity contribution in [3.8, 4) is 0 Å². The summed E-state index contributed by atoms with van der Waals surface area (Å²) in [5.74, 6) is 0.855. The van der Waals surface area contributed by atoms with Crippen LogP contribution in [-0.4, -0.2) is 22.1 Å². The van der Waals surface area contributed by atoms with E-state index in [0.29, 0.717) is 34.7 Å². The van der Waals surface area contributed by atoms with Gasteiger partial charge in [-0.05, 0) is 24.7 Å². The Morgan fingerprint density at radius 3 is 1.57 bits per heavy atom. The average molecular weight is 405 g/mol. The fourth-order valence-corrected chi connectivity index (χ4v) is 18.6. The van der Waals surface area contributed by atoms with Crippen LogP contribution in [0.1, 0.15) is 79.1 Å². The van der Waals surface area contributed by atoms with Crippen LogP contribution in [0.25, 0.3) is 0 Å². The first-order valence-electron chi connectivity index (χ1n) is 9.09. The van der Waals surface area contributed by atoms with Crippen molar-refractivity contribution in [1.29, 1.82) is 0 Å². The van der Waals surface area contributed by atoms with Crippen molar-refractivity contribution in [3.05, 3.63) is 0 Å². The van der Waals surface area contributed by atoms with Gasteiger partial charge in [0.1, 0.15) is 6.34 Å². The molecule has 0 spiro atoms. The van der Waals surface area contributed by atoms with Crippen LogP contribution in [0.3, 0.4) is 0 Å². The Bertz CT molecular complexity index is 380. The molecule has 0 heterocycles. The summed E-state index contributed by atoms with van der Waals surface area (Å²) in [6, 6.07) is 0. The van der Waals surface area contributed by atoms with Gasteiger partial charge in [-0.15, -0.1) is 0 Å². The highest BCUT2D eigenvalue weighted by Gasteiger charge is 2.29. The van der Waals surface area contributed by atoms with E-state index in [-0.39, 0.29) is 0 Å². The molecule has 0 bridgehead atoms. The van der Waals surface area contributed by atoms with Crippen LogP contribution in [-0.2, 0) is 15.1 Å². The Kier molecular flexibility index (Phi) is 13.3. The van der Waals surface area contributed by atoms with E-state index >= 15 is 0 Å². The lowest BCUT2D eigenvalue weighted by molar-refractivity contribution is 0.468. The fourth-order valence-electron chi connectivity index (χ4n) is 3.01. The van der Waals surface area contributed by atoms with E-state index < -0.39 is 12.0 Å². The monoisotopic (exact) mass is 404 g/mol. The highest BCUT2D eigenvalue weighted by Crippen LogP contribution is 2.60. The molecule has 0 aliphatic heterocycles. The molecule has 0 saturated heterocycles. The van der Waals surface area contributed by atoms with E-state index in [1.54, 1.807) is 0 Å². The topological polar surface area (TPSA) is 57.5 Å². The third kappa shape index (κ3) is 12.3. The Balaban J connectivity index is 5.19. The lowest BCUT2D eigenvalue weighted by Crippen LogP contribution is -2.13. The van der Waals surface area contributed by atoms with Gasteiger partial charge >= 0.3 is 0 Å². The van der Waals surface area contributed by atoms with E-state index in [9.17, 15) is 14.4 Å².